The Morgan fingerprint density at radius 1 is 1.19 bits per heavy atom. The summed E-state index contributed by atoms with van der Waals surface area (Å²) in [5, 5.41) is 3.29. The van der Waals surface area contributed by atoms with Gasteiger partial charge < -0.3 is 5.32 Å². The number of carbonyl (C=O) groups is 2. The molecule has 0 bridgehead atoms. The van der Waals surface area contributed by atoms with Crippen LogP contribution in [0.2, 0.25) is 0 Å². The molecule has 3 rings (SSSR count). The largest absolute Gasteiger partial charge is 0.326 e. The van der Waals surface area contributed by atoms with E-state index < -0.39 is 0 Å². The topological polar surface area (TPSA) is 81.1 Å². The van der Waals surface area contributed by atoms with E-state index in [1.54, 1.807) is 31.2 Å². The fraction of sp³-hybridized carbons (Fsp3) is 0.263. The molecule has 26 heavy (non-hydrogen) atoms. The standard InChI is InChI=1S/C19H19N3O3S/c1-3-14-9-15-18(26-14)20-11-22(19(15)25)10-16(23)12-5-7-13(8-6-12)21-17(24)4-2/h5-9,11H,3-4,10H2,1-2H3,(H,21,24). The Balaban J connectivity index is 1.79. The summed E-state index contributed by atoms with van der Waals surface area (Å²) in [5.74, 6) is -0.273. The van der Waals surface area contributed by atoms with Crippen LogP contribution in [-0.4, -0.2) is 21.2 Å². The highest BCUT2D eigenvalue weighted by Gasteiger charge is 2.12. The molecule has 0 saturated carbocycles. The lowest BCUT2D eigenvalue weighted by Crippen LogP contribution is -2.24. The van der Waals surface area contributed by atoms with Crippen molar-refractivity contribution >= 4 is 38.9 Å². The maximum absolute atomic E-state index is 12.6. The van der Waals surface area contributed by atoms with Crippen LogP contribution in [0, 0.1) is 0 Å². The molecule has 2 heterocycles. The maximum Gasteiger partial charge on any atom is 0.262 e. The fourth-order valence-electron chi connectivity index (χ4n) is 2.53. The number of ketones is 1. The minimum Gasteiger partial charge on any atom is -0.326 e. The van der Waals surface area contributed by atoms with Crippen LogP contribution in [0.3, 0.4) is 0 Å². The monoisotopic (exact) mass is 369 g/mol. The van der Waals surface area contributed by atoms with Crippen molar-refractivity contribution in [2.45, 2.75) is 33.2 Å². The molecular formula is C19H19N3O3S. The molecule has 0 atom stereocenters. The number of thiophene rings is 1. The number of fused-ring (bicyclic) bond motifs is 1. The van der Waals surface area contributed by atoms with E-state index in [9.17, 15) is 14.4 Å². The van der Waals surface area contributed by atoms with Gasteiger partial charge in [-0.1, -0.05) is 13.8 Å². The van der Waals surface area contributed by atoms with Gasteiger partial charge in [-0.05, 0) is 36.8 Å². The number of Topliss-reactive ketones (excluding diaryl/α,β-unsaturated/α-hetero) is 1. The van der Waals surface area contributed by atoms with E-state index in [1.165, 1.54) is 22.2 Å². The average Bonchev–Trinajstić information content (AvgIpc) is 3.08. The van der Waals surface area contributed by atoms with Crippen LogP contribution in [0.5, 0.6) is 0 Å². The number of aryl methyl sites for hydroxylation is 1. The molecule has 3 aromatic rings. The van der Waals surface area contributed by atoms with E-state index in [-0.39, 0.29) is 23.8 Å². The second-order valence-electron chi connectivity index (χ2n) is 5.86. The Kier molecular flexibility index (Phi) is 5.27. The molecular weight excluding hydrogens is 350 g/mol. The van der Waals surface area contributed by atoms with Crippen molar-refractivity contribution in [3.63, 3.8) is 0 Å². The van der Waals surface area contributed by atoms with E-state index in [0.717, 1.165) is 11.3 Å². The average molecular weight is 369 g/mol. The summed E-state index contributed by atoms with van der Waals surface area (Å²) in [6.07, 6.45) is 2.66. The number of aromatic nitrogens is 2. The van der Waals surface area contributed by atoms with Crippen molar-refractivity contribution in [2.75, 3.05) is 5.32 Å². The molecule has 0 aliphatic carbocycles. The molecule has 0 saturated heterocycles. The van der Waals surface area contributed by atoms with Gasteiger partial charge in [0.25, 0.3) is 5.56 Å². The van der Waals surface area contributed by atoms with E-state index in [0.29, 0.717) is 27.9 Å². The normalized spacial score (nSPS) is 10.8. The molecule has 0 aliphatic heterocycles. The van der Waals surface area contributed by atoms with Crippen molar-refractivity contribution < 1.29 is 9.59 Å². The van der Waals surface area contributed by atoms with Crippen LogP contribution >= 0.6 is 11.3 Å². The van der Waals surface area contributed by atoms with Crippen LogP contribution in [-0.2, 0) is 17.8 Å². The third kappa shape index (κ3) is 3.72. The molecule has 1 aromatic carbocycles. The molecule has 0 aliphatic rings. The third-order valence-corrected chi connectivity index (χ3v) is 5.23. The van der Waals surface area contributed by atoms with Crippen molar-refractivity contribution in [3.05, 3.63) is 57.5 Å². The van der Waals surface area contributed by atoms with Crippen LogP contribution in [0.1, 0.15) is 35.5 Å². The third-order valence-electron chi connectivity index (χ3n) is 4.04. The number of hydrogen-bond acceptors (Lipinski definition) is 5. The van der Waals surface area contributed by atoms with Gasteiger partial charge in [-0.2, -0.15) is 0 Å². The number of nitrogens with zero attached hydrogens (tertiary/aromatic N) is 2. The zero-order valence-electron chi connectivity index (χ0n) is 14.6. The minimum atomic E-state index is -0.203. The Hall–Kier alpha value is -2.80. The van der Waals surface area contributed by atoms with Crippen molar-refractivity contribution in [2.24, 2.45) is 0 Å². The molecule has 1 amide bonds. The lowest BCUT2D eigenvalue weighted by molar-refractivity contribution is -0.115. The number of rotatable bonds is 6. The second-order valence-corrected chi connectivity index (χ2v) is 6.98. The Bertz CT molecular complexity index is 1020. The molecule has 0 radical (unpaired) electrons. The summed E-state index contributed by atoms with van der Waals surface area (Å²) < 4.78 is 1.34. The van der Waals surface area contributed by atoms with Gasteiger partial charge in [-0.25, -0.2) is 4.98 Å². The molecule has 6 nitrogen and oxygen atoms in total. The SMILES string of the molecule is CCC(=O)Nc1ccc(C(=O)Cn2cnc3sc(CC)cc3c2=O)cc1. The number of amides is 1. The Labute approximate surface area is 154 Å². The number of anilines is 1. The van der Waals surface area contributed by atoms with E-state index in [2.05, 4.69) is 10.3 Å². The number of carbonyl (C=O) groups excluding carboxylic acids is 2. The fourth-order valence-corrected chi connectivity index (χ4v) is 3.46. The lowest BCUT2D eigenvalue weighted by Gasteiger charge is -2.07. The van der Waals surface area contributed by atoms with Gasteiger partial charge in [-0.3, -0.25) is 19.0 Å². The van der Waals surface area contributed by atoms with Gasteiger partial charge in [0.05, 0.1) is 18.3 Å². The zero-order chi connectivity index (χ0) is 18.7. The highest BCUT2D eigenvalue weighted by molar-refractivity contribution is 7.18. The van der Waals surface area contributed by atoms with E-state index >= 15 is 0 Å². The highest BCUT2D eigenvalue weighted by Crippen LogP contribution is 2.21. The van der Waals surface area contributed by atoms with Gasteiger partial charge in [0, 0.05) is 22.5 Å². The first-order valence-electron chi connectivity index (χ1n) is 8.42. The Morgan fingerprint density at radius 2 is 1.92 bits per heavy atom. The molecule has 0 unspecified atom stereocenters. The summed E-state index contributed by atoms with van der Waals surface area (Å²) >= 11 is 1.50. The summed E-state index contributed by atoms with van der Waals surface area (Å²) in [6.45, 7) is 3.73. The predicted octanol–water partition coefficient (Wildman–Crippen LogP) is 3.25. The molecule has 7 heteroatoms. The minimum absolute atomic E-state index is 0.0697. The summed E-state index contributed by atoms with van der Waals surface area (Å²) in [7, 11) is 0. The van der Waals surface area contributed by atoms with Crippen LogP contribution in [0.4, 0.5) is 5.69 Å². The molecule has 134 valence electrons. The van der Waals surface area contributed by atoms with Gasteiger partial charge in [0.1, 0.15) is 4.83 Å². The molecule has 0 fully saturated rings. The quantitative estimate of drug-likeness (QED) is 0.676. The van der Waals surface area contributed by atoms with Gasteiger partial charge in [-0.15, -0.1) is 11.3 Å². The molecule has 1 N–H and O–H groups in total. The first-order valence-corrected chi connectivity index (χ1v) is 9.24. The maximum atomic E-state index is 12.6. The lowest BCUT2D eigenvalue weighted by atomic mass is 10.1. The van der Waals surface area contributed by atoms with Crippen LogP contribution in [0.15, 0.2) is 41.5 Å². The molecule has 2 aromatic heterocycles. The van der Waals surface area contributed by atoms with Crippen molar-refractivity contribution in [1.29, 1.82) is 0 Å². The van der Waals surface area contributed by atoms with Gasteiger partial charge in [0.15, 0.2) is 5.78 Å². The first-order chi connectivity index (χ1) is 12.5. The van der Waals surface area contributed by atoms with E-state index in [1.807, 2.05) is 13.0 Å². The number of nitrogens with one attached hydrogen (secondary N) is 1. The summed E-state index contributed by atoms with van der Waals surface area (Å²) in [5.41, 5.74) is 0.913. The van der Waals surface area contributed by atoms with Crippen LogP contribution < -0.4 is 10.9 Å². The summed E-state index contributed by atoms with van der Waals surface area (Å²) in [4.78, 5) is 42.5. The van der Waals surface area contributed by atoms with Crippen LogP contribution in [0.25, 0.3) is 10.2 Å². The predicted molar refractivity (Wildman–Crippen MR) is 103 cm³/mol. The highest BCUT2D eigenvalue weighted by atomic mass is 32.1. The number of benzene rings is 1. The zero-order valence-corrected chi connectivity index (χ0v) is 15.4. The first kappa shape index (κ1) is 18.0. The number of hydrogen-bond donors (Lipinski definition) is 1. The van der Waals surface area contributed by atoms with E-state index in [4.69, 9.17) is 0 Å². The summed E-state index contributed by atoms with van der Waals surface area (Å²) in [6, 6.07) is 8.49. The Morgan fingerprint density at radius 3 is 2.58 bits per heavy atom. The second kappa shape index (κ2) is 7.61. The molecule has 0 spiro atoms. The van der Waals surface area contributed by atoms with Gasteiger partial charge in [0.2, 0.25) is 5.91 Å². The van der Waals surface area contributed by atoms with Gasteiger partial charge >= 0.3 is 0 Å². The smallest absolute Gasteiger partial charge is 0.262 e. The van der Waals surface area contributed by atoms with Crippen molar-refractivity contribution in [1.82, 2.24) is 9.55 Å². The van der Waals surface area contributed by atoms with Crippen molar-refractivity contribution in [3.8, 4) is 0 Å².